The van der Waals surface area contributed by atoms with Crippen molar-refractivity contribution in [2.24, 2.45) is 0 Å². The van der Waals surface area contributed by atoms with Crippen LogP contribution in [0.2, 0.25) is 0 Å². The number of hydrogen-bond donors (Lipinski definition) is 0. The smallest absolute Gasteiger partial charge is 0.346 e. The molecule has 0 fully saturated rings. The number of ether oxygens (including phenoxy) is 3. The second-order valence-corrected chi connectivity index (χ2v) is 7.38. The minimum atomic E-state index is -0.821. The molecule has 0 aromatic carbocycles. The summed E-state index contributed by atoms with van der Waals surface area (Å²) in [5.41, 5.74) is 0. The van der Waals surface area contributed by atoms with Gasteiger partial charge in [0.2, 0.25) is 0 Å². The van der Waals surface area contributed by atoms with Gasteiger partial charge in [0.15, 0.2) is 6.10 Å². The molecule has 1 unspecified atom stereocenters. The van der Waals surface area contributed by atoms with Crippen molar-refractivity contribution in [3.05, 3.63) is 12.2 Å². The molecule has 164 valence electrons. The molecular weight excluding hydrogens is 356 g/mol. The fourth-order valence-electron chi connectivity index (χ4n) is 3.03. The van der Waals surface area contributed by atoms with E-state index in [2.05, 4.69) is 23.8 Å². The number of rotatable bonds is 18. The van der Waals surface area contributed by atoms with Gasteiger partial charge in [0.25, 0.3) is 0 Å². The normalized spacial score (nSPS) is 13.4. The van der Waals surface area contributed by atoms with E-state index in [9.17, 15) is 9.59 Å². The van der Waals surface area contributed by atoms with Crippen LogP contribution in [0, 0.1) is 0 Å². The van der Waals surface area contributed by atoms with Crippen molar-refractivity contribution >= 4 is 11.9 Å². The summed E-state index contributed by atoms with van der Waals surface area (Å²) in [6.45, 7) is 3.76. The first-order valence-corrected chi connectivity index (χ1v) is 11.0. The van der Waals surface area contributed by atoms with Gasteiger partial charge in [-0.3, -0.25) is 4.79 Å². The Kier molecular flexibility index (Phi) is 18.1. The number of esters is 2. The van der Waals surface area contributed by atoms with Gasteiger partial charge < -0.3 is 14.2 Å². The molecule has 0 saturated carbocycles. The van der Waals surface area contributed by atoms with Gasteiger partial charge in [-0.05, 0) is 39.0 Å². The summed E-state index contributed by atoms with van der Waals surface area (Å²) in [7, 11) is 3.09. The van der Waals surface area contributed by atoms with Crippen LogP contribution in [0.4, 0.5) is 0 Å². The average Bonchev–Trinajstić information content (AvgIpc) is 2.70. The minimum absolute atomic E-state index is 0.330. The molecule has 28 heavy (non-hydrogen) atoms. The molecule has 0 heterocycles. The van der Waals surface area contributed by atoms with Crippen LogP contribution in [0.1, 0.15) is 97.3 Å². The van der Waals surface area contributed by atoms with Crippen molar-refractivity contribution in [1.82, 2.24) is 0 Å². The van der Waals surface area contributed by atoms with Gasteiger partial charge in [-0.15, -0.1) is 0 Å². The predicted molar refractivity (Wildman–Crippen MR) is 113 cm³/mol. The predicted octanol–water partition coefficient (Wildman–Crippen LogP) is 5.75. The van der Waals surface area contributed by atoms with Crippen LogP contribution in [-0.4, -0.2) is 38.4 Å². The van der Waals surface area contributed by atoms with E-state index in [1.54, 1.807) is 0 Å². The lowest BCUT2D eigenvalue weighted by Crippen LogP contribution is -2.25. The number of unbranched alkanes of at least 4 members (excludes halogenated alkanes) is 8. The van der Waals surface area contributed by atoms with Crippen molar-refractivity contribution in [3.8, 4) is 0 Å². The second-order valence-electron chi connectivity index (χ2n) is 7.38. The Morgan fingerprint density at radius 2 is 1.57 bits per heavy atom. The molecule has 0 rings (SSSR count). The number of carbonyl (C=O) groups excluding carboxylic acids is 2. The first kappa shape index (κ1) is 26.6. The molecule has 0 N–H and O–H groups in total. The van der Waals surface area contributed by atoms with E-state index < -0.39 is 12.1 Å². The van der Waals surface area contributed by atoms with Crippen molar-refractivity contribution in [2.45, 2.75) is 110 Å². The molecule has 0 aromatic rings. The molecule has 0 aliphatic heterocycles. The summed E-state index contributed by atoms with van der Waals surface area (Å²) >= 11 is 0. The Morgan fingerprint density at radius 1 is 0.893 bits per heavy atom. The first-order valence-electron chi connectivity index (χ1n) is 11.0. The molecule has 5 nitrogen and oxygen atoms in total. The van der Waals surface area contributed by atoms with Crippen molar-refractivity contribution in [2.75, 3.05) is 14.2 Å². The monoisotopic (exact) mass is 398 g/mol. The fourth-order valence-corrected chi connectivity index (χ4v) is 3.03. The van der Waals surface area contributed by atoms with E-state index in [1.165, 1.54) is 52.6 Å². The van der Waals surface area contributed by atoms with E-state index in [0.29, 0.717) is 12.5 Å². The molecule has 2 atom stereocenters. The molecule has 0 radical (unpaired) electrons. The lowest BCUT2D eigenvalue weighted by molar-refractivity contribution is -0.164. The molecule has 0 aliphatic rings. The van der Waals surface area contributed by atoms with Crippen molar-refractivity contribution in [1.29, 1.82) is 0 Å². The zero-order chi connectivity index (χ0) is 21.0. The van der Waals surface area contributed by atoms with E-state index in [4.69, 9.17) is 9.47 Å². The molecule has 0 aromatic heterocycles. The maximum absolute atomic E-state index is 11.6. The van der Waals surface area contributed by atoms with Gasteiger partial charge in [-0.2, -0.15) is 0 Å². The Morgan fingerprint density at radius 3 is 2.25 bits per heavy atom. The van der Waals surface area contributed by atoms with Crippen LogP contribution in [-0.2, 0) is 23.8 Å². The lowest BCUT2D eigenvalue weighted by Gasteiger charge is -2.12. The highest BCUT2D eigenvalue weighted by atomic mass is 16.6. The maximum atomic E-state index is 11.6. The Labute approximate surface area is 172 Å². The molecule has 0 amide bonds. The summed E-state index contributed by atoms with van der Waals surface area (Å²) in [6.07, 6.45) is 18.1. The van der Waals surface area contributed by atoms with Gasteiger partial charge in [0.05, 0.1) is 13.2 Å². The van der Waals surface area contributed by atoms with E-state index in [1.807, 2.05) is 7.11 Å². The highest BCUT2D eigenvalue weighted by Crippen LogP contribution is 2.12. The Bertz CT molecular complexity index is 419. The van der Waals surface area contributed by atoms with Gasteiger partial charge >= 0.3 is 11.9 Å². The SMILES string of the molecule is CCCCCC[C@@H](C/C=C\CCCCCCCC(=O)OC(C)C(=O)OC)OC. The van der Waals surface area contributed by atoms with Crippen molar-refractivity contribution < 1.29 is 23.8 Å². The first-order chi connectivity index (χ1) is 13.5. The van der Waals surface area contributed by atoms with Gasteiger partial charge in [0, 0.05) is 13.5 Å². The Hall–Kier alpha value is -1.36. The maximum Gasteiger partial charge on any atom is 0.346 e. The molecule has 0 spiro atoms. The third-order valence-corrected chi connectivity index (χ3v) is 4.87. The van der Waals surface area contributed by atoms with Crippen LogP contribution in [0.15, 0.2) is 12.2 Å². The topological polar surface area (TPSA) is 61.8 Å². The van der Waals surface area contributed by atoms with E-state index in [0.717, 1.165) is 38.5 Å². The van der Waals surface area contributed by atoms with Gasteiger partial charge in [-0.1, -0.05) is 64.0 Å². The van der Waals surface area contributed by atoms with Gasteiger partial charge in [-0.25, -0.2) is 4.79 Å². The third-order valence-electron chi connectivity index (χ3n) is 4.87. The molecule has 0 saturated heterocycles. The molecular formula is C23H42O5. The molecule has 5 heteroatoms. The van der Waals surface area contributed by atoms with Crippen LogP contribution < -0.4 is 0 Å². The van der Waals surface area contributed by atoms with Crippen molar-refractivity contribution in [3.63, 3.8) is 0 Å². The van der Waals surface area contributed by atoms with Crippen LogP contribution in [0.3, 0.4) is 0 Å². The fraction of sp³-hybridized carbons (Fsp3) is 0.826. The number of allylic oxidation sites excluding steroid dienone is 1. The lowest BCUT2D eigenvalue weighted by atomic mass is 10.1. The van der Waals surface area contributed by atoms with Crippen LogP contribution in [0.25, 0.3) is 0 Å². The number of methoxy groups -OCH3 is 2. The Balaban J connectivity index is 3.56. The zero-order valence-electron chi connectivity index (χ0n) is 18.5. The van der Waals surface area contributed by atoms with E-state index in [-0.39, 0.29) is 5.97 Å². The standard InChI is InChI=1S/C23H42O5/c1-5-6-7-14-17-21(26-3)18-15-12-10-8-9-11-13-16-19-22(24)28-20(2)23(25)27-4/h12,15,20-21H,5-11,13-14,16-19H2,1-4H3/b15-12-/t20?,21-/m0/s1. The molecule has 0 aliphatic carbocycles. The summed E-state index contributed by atoms with van der Waals surface area (Å²) in [5.74, 6) is -0.849. The number of hydrogen-bond acceptors (Lipinski definition) is 5. The van der Waals surface area contributed by atoms with Crippen LogP contribution in [0.5, 0.6) is 0 Å². The largest absolute Gasteiger partial charge is 0.466 e. The summed E-state index contributed by atoms with van der Waals surface area (Å²) in [5, 5.41) is 0. The molecule has 0 bridgehead atoms. The second kappa shape index (κ2) is 19.0. The zero-order valence-corrected chi connectivity index (χ0v) is 18.5. The summed E-state index contributed by atoms with van der Waals surface area (Å²) in [6, 6.07) is 0. The number of carbonyl (C=O) groups is 2. The van der Waals surface area contributed by atoms with Crippen LogP contribution >= 0.6 is 0 Å². The highest BCUT2D eigenvalue weighted by molar-refractivity contribution is 5.78. The quantitative estimate of drug-likeness (QED) is 0.167. The van der Waals surface area contributed by atoms with Gasteiger partial charge in [0.1, 0.15) is 0 Å². The summed E-state index contributed by atoms with van der Waals surface area (Å²) < 4.78 is 15.1. The van der Waals surface area contributed by atoms with E-state index >= 15 is 0 Å². The summed E-state index contributed by atoms with van der Waals surface area (Å²) in [4.78, 5) is 22.8. The third kappa shape index (κ3) is 15.7. The highest BCUT2D eigenvalue weighted by Gasteiger charge is 2.17. The minimum Gasteiger partial charge on any atom is -0.466 e. The average molecular weight is 399 g/mol.